The highest BCUT2D eigenvalue weighted by Gasteiger charge is 2.25. The predicted molar refractivity (Wildman–Crippen MR) is 240 cm³/mol. The number of nitrogens with zero attached hydrogens (tertiary/aromatic N) is 2. The number of phenols is 1. The lowest BCUT2D eigenvalue weighted by Crippen LogP contribution is -2.26. The number of anilines is 1. The Balaban J connectivity index is 1.39. The summed E-state index contributed by atoms with van der Waals surface area (Å²) in [5, 5.41) is 12.3. The van der Waals surface area contributed by atoms with Gasteiger partial charge in [0.25, 0.3) is 36.3 Å². The van der Waals surface area contributed by atoms with Crippen molar-refractivity contribution < 1.29 is 53.4 Å². The zero-order chi connectivity index (χ0) is 45.5. The number of carbonyl (C=O) groups is 1. The van der Waals surface area contributed by atoms with Gasteiger partial charge in [-0.25, -0.2) is 4.58 Å². The molecule has 5 aromatic carbocycles. The second kappa shape index (κ2) is 19.5. The number of amides is 1. The fraction of sp³-hybridized carbons (Fsp3) is 0.174. The van der Waals surface area contributed by atoms with Crippen LogP contribution in [0.3, 0.4) is 0 Å². The Morgan fingerprint density at radius 1 is 0.651 bits per heavy atom. The summed E-state index contributed by atoms with van der Waals surface area (Å²) >= 11 is 0. The second-order valence-electron chi connectivity index (χ2n) is 14.6. The molecule has 0 aliphatic heterocycles. The van der Waals surface area contributed by atoms with Crippen LogP contribution in [0, 0.1) is 0 Å². The van der Waals surface area contributed by atoms with Gasteiger partial charge in [0.15, 0.2) is 12.3 Å². The Bertz CT molecular complexity index is 2980. The summed E-state index contributed by atoms with van der Waals surface area (Å²) in [6.45, 7) is 5.71. The zero-order valence-electron chi connectivity index (χ0n) is 34.3. The van der Waals surface area contributed by atoms with Gasteiger partial charge in [0, 0.05) is 54.2 Å². The van der Waals surface area contributed by atoms with Gasteiger partial charge in [-0.05, 0) is 121 Å². The summed E-state index contributed by atoms with van der Waals surface area (Å²) in [4.78, 5) is 14.3. The lowest BCUT2D eigenvalue weighted by atomic mass is 9.90. The number of nitrogens with one attached hydrogen (secondary N) is 1. The Hall–Kier alpha value is -6.21. The minimum atomic E-state index is -4.93. The fourth-order valence-electron chi connectivity index (χ4n) is 7.14. The molecule has 63 heavy (non-hydrogen) atoms. The van der Waals surface area contributed by atoms with Crippen molar-refractivity contribution in [2.45, 2.75) is 48.0 Å². The molecule has 14 nitrogen and oxygen atoms in total. The molecule has 0 heterocycles. The van der Waals surface area contributed by atoms with Gasteiger partial charge in [0.05, 0.1) is 9.79 Å². The first-order valence-corrected chi connectivity index (χ1v) is 24.0. The standard InChI is InChI=1S/C46H45N3O11S3/c1-3-48(30-33-7-5-9-41(27-33)61(52,53)54)38-18-13-35(14-19-38)45(36-15-20-39(21-16-36)49(4-2)31-34-8-6-10-42(28-34)62(55,56)57)43-24-17-37(29-44(43)63(58,59)60)46(51)47-26-25-32-11-22-40(50)23-12-32/h5-24,27-29H,3-4,25-26,30-31H2,1-2H3,(H4-,47,50,51,52,53,54,55,56,57,58,59,60)/p+1. The summed E-state index contributed by atoms with van der Waals surface area (Å²) in [6.07, 6.45) is 7.66. The van der Waals surface area contributed by atoms with Gasteiger partial charge in [-0.1, -0.05) is 54.6 Å². The molecule has 0 saturated heterocycles. The molecule has 1 aliphatic rings. The number of aromatic hydroxyl groups is 1. The highest BCUT2D eigenvalue weighted by Crippen LogP contribution is 2.35. The maximum Gasteiger partial charge on any atom is 0.295 e. The molecule has 0 fully saturated rings. The third-order valence-corrected chi connectivity index (χ3v) is 13.0. The maximum atomic E-state index is 13.3. The molecular formula is C46H46N3O11S3+. The lowest BCUT2D eigenvalue weighted by molar-refractivity contribution is -0.539. The van der Waals surface area contributed by atoms with Gasteiger partial charge < -0.3 is 15.3 Å². The molecule has 0 spiro atoms. The molecule has 0 saturated carbocycles. The smallest absolute Gasteiger partial charge is 0.295 e. The number of allylic oxidation sites excluding steroid dienone is 5. The molecule has 0 radical (unpaired) electrons. The van der Waals surface area contributed by atoms with Crippen LogP contribution < -0.4 is 10.2 Å². The molecule has 6 rings (SSSR count). The summed E-state index contributed by atoms with van der Waals surface area (Å²) < 4.78 is 105. The number of phenolic OH excluding ortho intramolecular Hbond substituents is 1. The predicted octanol–water partition coefficient (Wildman–Crippen LogP) is 6.73. The largest absolute Gasteiger partial charge is 0.508 e. The Morgan fingerprint density at radius 2 is 1.24 bits per heavy atom. The number of carbonyl (C=O) groups excluding carboxylic acids is 1. The summed E-state index contributed by atoms with van der Waals surface area (Å²) in [6, 6.07) is 29.8. The van der Waals surface area contributed by atoms with Crippen molar-refractivity contribution in [1.82, 2.24) is 5.32 Å². The van der Waals surface area contributed by atoms with Crippen molar-refractivity contribution >= 4 is 53.2 Å². The van der Waals surface area contributed by atoms with Crippen molar-refractivity contribution in [2.75, 3.05) is 24.5 Å². The molecule has 1 amide bonds. The van der Waals surface area contributed by atoms with Gasteiger partial charge in [-0.3, -0.25) is 18.5 Å². The van der Waals surface area contributed by atoms with Crippen molar-refractivity contribution in [3.05, 3.63) is 179 Å². The molecule has 5 N–H and O–H groups in total. The minimum absolute atomic E-state index is 0.00422. The van der Waals surface area contributed by atoms with E-state index in [9.17, 15) is 48.8 Å². The molecule has 0 bridgehead atoms. The van der Waals surface area contributed by atoms with E-state index >= 15 is 0 Å². The van der Waals surface area contributed by atoms with E-state index in [1.54, 1.807) is 60.7 Å². The monoisotopic (exact) mass is 912 g/mol. The van der Waals surface area contributed by atoms with Gasteiger partial charge in [-0.15, -0.1) is 0 Å². The average Bonchev–Trinajstić information content (AvgIpc) is 3.25. The van der Waals surface area contributed by atoms with E-state index in [1.807, 2.05) is 47.6 Å². The Kier molecular flexibility index (Phi) is 14.3. The summed E-state index contributed by atoms with van der Waals surface area (Å²) in [7, 11) is -13.7. The van der Waals surface area contributed by atoms with Crippen LogP contribution in [0.2, 0.25) is 0 Å². The van der Waals surface area contributed by atoms with Gasteiger partial charge in [0.1, 0.15) is 17.2 Å². The van der Waals surface area contributed by atoms with Crippen molar-refractivity contribution in [3.63, 3.8) is 0 Å². The van der Waals surface area contributed by atoms with Crippen molar-refractivity contribution in [2.24, 2.45) is 0 Å². The van der Waals surface area contributed by atoms with Crippen LogP contribution in [0.5, 0.6) is 5.75 Å². The lowest BCUT2D eigenvalue weighted by Gasteiger charge is -2.24. The number of hydrogen-bond donors (Lipinski definition) is 5. The molecule has 0 atom stereocenters. The van der Waals surface area contributed by atoms with Gasteiger partial charge in [-0.2, -0.15) is 25.3 Å². The minimum Gasteiger partial charge on any atom is -0.508 e. The number of hydrogen-bond acceptors (Lipinski definition) is 9. The Morgan fingerprint density at radius 3 is 1.81 bits per heavy atom. The zero-order valence-corrected chi connectivity index (χ0v) is 36.7. The quantitative estimate of drug-likeness (QED) is 0.0514. The molecule has 0 unspecified atom stereocenters. The Labute approximate surface area is 367 Å². The third-order valence-electron chi connectivity index (χ3n) is 10.4. The van der Waals surface area contributed by atoms with E-state index in [0.29, 0.717) is 60.4 Å². The van der Waals surface area contributed by atoms with Crippen LogP contribution in [0.4, 0.5) is 5.69 Å². The van der Waals surface area contributed by atoms with Gasteiger partial charge in [0.2, 0.25) is 0 Å². The first-order chi connectivity index (χ1) is 29.8. The highest BCUT2D eigenvalue weighted by atomic mass is 32.2. The second-order valence-corrected chi connectivity index (χ2v) is 18.8. The summed E-state index contributed by atoms with van der Waals surface area (Å²) in [5.74, 6) is -0.456. The molecule has 17 heteroatoms. The maximum absolute atomic E-state index is 13.3. The van der Waals surface area contributed by atoms with E-state index in [2.05, 4.69) is 5.32 Å². The fourth-order valence-corrected chi connectivity index (χ4v) is 8.97. The molecule has 1 aliphatic carbocycles. The SMILES string of the molecule is CCN(Cc1cccc(S(=O)(=O)O)c1)c1ccc(C(=C2C=CC(=[N+](CC)Cc3cccc(S(=O)(=O)O)c3)C=C2)c2ccc(C(=O)NCCc3ccc(O)cc3)cc2S(=O)(=O)O)cc1. The van der Waals surface area contributed by atoms with Crippen LogP contribution in [-0.2, 0) is 49.9 Å². The number of benzene rings is 5. The highest BCUT2D eigenvalue weighted by molar-refractivity contribution is 7.86. The normalized spacial score (nSPS) is 12.9. The first-order valence-electron chi connectivity index (χ1n) is 19.7. The molecular weight excluding hydrogens is 867 g/mol. The van der Waals surface area contributed by atoms with E-state index in [1.165, 1.54) is 48.5 Å². The molecule has 5 aromatic rings. The first kappa shape index (κ1) is 46.3. The van der Waals surface area contributed by atoms with Crippen molar-refractivity contribution in [3.8, 4) is 5.75 Å². The van der Waals surface area contributed by atoms with Crippen LogP contribution >= 0.6 is 0 Å². The molecule has 328 valence electrons. The van der Waals surface area contributed by atoms with E-state index in [0.717, 1.165) is 23.0 Å². The summed E-state index contributed by atoms with van der Waals surface area (Å²) in [5.41, 5.74) is 5.27. The topological polar surface area (TPSA) is 219 Å². The van der Waals surface area contributed by atoms with Crippen LogP contribution in [-0.4, -0.2) is 79.8 Å². The van der Waals surface area contributed by atoms with E-state index in [-0.39, 0.29) is 33.2 Å². The third kappa shape index (κ3) is 11.8. The number of rotatable bonds is 16. The van der Waals surface area contributed by atoms with Crippen LogP contribution in [0.15, 0.2) is 160 Å². The van der Waals surface area contributed by atoms with Crippen molar-refractivity contribution in [1.29, 1.82) is 0 Å². The van der Waals surface area contributed by atoms with Crippen LogP contribution in [0.1, 0.15) is 52.0 Å². The van der Waals surface area contributed by atoms with Crippen LogP contribution in [0.25, 0.3) is 5.57 Å². The van der Waals surface area contributed by atoms with E-state index in [4.69, 9.17) is 0 Å². The van der Waals surface area contributed by atoms with E-state index < -0.39 is 41.2 Å². The molecule has 0 aromatic heterocycles. The average molecular weight is 913 g/mol. The van der Waals surface area contributed by atoms with Gasteiger partial charge >= 0.3 is 0 Å².